The number of hydrogen-bond acceptors (Lipinski definition) is 3. The van der Waals surface area contributed by atoms with E-state index in [0.29, 0.717) is 13.1 Å². The van der Waals surface area contributed by atoms with Crippen molar-refractivity contribution in [1.82, 2.24) is 5.01 Å². The predicted octanol–water partition coefficient (Wildman–Crippen LogP) is -0.0426. The molecule has 6 heteroatoms. The standard InChI is InChI=1S/C6H13N3O3/c10-5-6-2-1-3-8(4-6)9(12)7-11/h6,10-11H,1-5H2/b9-7+. The molecule has 0 aliphatic carbocycles. The van der Waals surface area contributed by atoms with Gasteiger partial charge in [-0.25, -0.2) is 0 Å². The lowest BCUT2D eigenvalue weighted by Crippen LogP contribution is -2.40. The van der Waals surface area contributed by atoms with Gasteiger partial charge in [0.2, 0.25) is 5.28 Å². The van der Waals surface area contributed by atoms with Crippen molar-refractivity contribution in [3.8, 4) is 0 Å². The zero-order valence-electron chi connectivity index (χ0n) is 6.76. The van der Waals surface area contributed by atoms with Gasteiger partial charge in [-0.1, -0.05) is 0 Å². The van der Waals surface area contributed by atoms with Crippen LogP contribution in [0.15, 0.2) is 5.28 Å². The second-order valence-corrected chi connectivity index (χ2v) is 2.95. The highest BCUT2D eigenvalue weighted by Gasteiger charge is 2.24. The first-order valence-corrected chi connectivity index (χ1v) is 3.96. The molecule has 0 radical (unpaired) electrons. The van der Waals surface area contributed by atoms with Crippen molar-refractivity contribution in [2.45, 2.75) is 12.8 Å². The van der Waals surface area contributed by atoms with E-state index in [0.717, 1.165) is 12.8 Å². The molecule has 1 fully saturated rings. The van der Waals surface area contributed by atoms with Crippen molar-refractivity contribution in [2.24, 2.45) is 11.2 Å². The van der Waals surface area contributed by atoms with Gasteiger partial charge >= 0.3 is 0 Å². The molecule has 0 amide bonds. The molecule has 0 aromatic rings. The van der Waals surface area contributed by atoms with Crippen LogP contribution in [0.5, 0.6) is 0 Å². The SMILES string of the molecule is [O-]/[N+](=N/O)N1CCCC(CO)C1. The molecule has 0 aromatic carbocycles. The summed E-state index contributed by atoms with van der Waals surface area (Å²) < 4.78 is 0. The molecule has 6 nitrogen and oxygen atoms in total. The van der Waals surface area contributed by atoms with E-state index < -0.39 is 0 Å². The van der Waals surface area contributed by atoms with Crippen LogP contribution in [0.3, 0.4) is 0 Å². The predicted molar refractivity (Wildman–Crippen MR) is 39.2 cm³/mol. The summed E-state index contributed by atoms with van der Waals surface area (Å²) in [5.41, 5.74) is 0. The number of hydrazine groups is 1. The van der Waals surface area contributed by atoms with Gasteiger partial charge in [-0.15, -0.1) is 5.01 Å². The Kier molecular flexibility index (Phi) is 3.09. The molecule has 1 saturated heterocycles. The van der Waals surface area contributed by atoms with Gasteiger partial charge < -0.3 is 15.5 Å². The number of aliphatic hydroxyl groups is 1. The van der Waals surface area contributed by atoms with Crippen LogP contribution < -0.4 is 0 Å². The average Bonchev–Trinajstić information content (AvgIpc) is 2.17. The zero-order chi connectivity index (χ0) is 8.97. The molecular weight excluding hydrogens is 162 g/mol. The van der Waals surface area contributed by atoms with Crippen LogP contribution in [0, 0.1) is 11.1 Å². The highest BCUT2D eigenvalue weighted by Crippen LogP contribution is 2.15. The van der Waals surface area contributed by atoms with E-state index in [1.807, 2.05) is 0 Å². The summed E-state index contributed by atoms with van der Waals surface area (Å²) in [6, 6.07) is 0. The van der Waals surface area contributed by atoms with Crippen molar-refractivity contribution in [1.29, 1.82) is 0 Å². The topological polar surface area (TPSA) is 82.1 Å². The Hall–Kier alpha value is -1.04. The van der Waals surface area contributed by atoms with Gasteiger partial charge in [0.15, 0.2) is 0 Å². The van der Waals surface area contributed by atoms with Crippen LogP contribution in [0.1, 0.15) is 12.8 Å². The van der Waals surface area contributed by atoms with Gasteiger partial charge in [-0.05, 0) is 12.8 Å². The molecule has 1 heterocycles. The average molecular weight is 175 g/mol. The molecule has 2 N–H and O–H groups in total. The highest BCUT2D eigenvalue weighted by molar-refractivity contribution is 4.66. The largest absolute Gasteiger partial charge is 0.569 e. The minimum Gasteiger partial charge on any atom is -0.569 e. The van der Waals surface area contributed by atoms with Gasteiger partial charge in [0.25, 0.3) is 0 Å². The van der Waals surface area contributed by atoms with E-state index in [-0.39, 0.29) is 17.5 Å². The Labute approximate surface area is 70.2 Å². The molecule has 0 spiro atoms. The van der Waals surface area contributed by atoms with Crippen molar-refractivity contribution >= 4 is 0 Å². The lowest BCUT2D eigenvalue weighted by Gasteiger charge is -2.27. The monoisotopic (exact) mass is 175 g/mol. The van der Waals surface area contributed by atoms with Gasteiger partial charge in [0, 0.05) is 12.5 Å². The lowest BCUT2D eigenvalue weighted by atomic mass is 10.0. The number of hydrogen-bond donors (Lipinski definition) is 2. The maximum Gasteiger partial charge on any atom is 0.230 e. The smallest absolute Gasteiger partial charge is 0.230 e. The number of nitrogens with zero attached hydrogens (tertiary/aromatic N) is 3. The van der Waals surface area contributed by atoms with Crippen LogP contribution in [-0.4, -0.2) is 40.0 Å². The van der Waals surface area contributed by atoms with E-state index in [1.54, 1.807) is 0 Å². The summed E-state index contributed by atoms with van der Waals surface area (Å²) in [7, 11) is 0. The highest BCUT2D eigenvalue weighted by atomic mass is 16.6. The Bertz CT molecular complexity index is 173. The molecule has 0 saturated carbocycles. The second-order valence-electron chi connectivity index (χ2n) is 2.95. The Balaban J connectivity index is 2.45. The zero-order valence-corrected chi connectivity index (χ0v) is 6.76. The molecule has 0 aromatic heterocycles. The van der Waals surface area contributed by atoms with Crippen molar-refractivity contribution in [2.75, 3.05) is 19.7 Å². The summed E-state index contributed by atoms with van der Waals surface area (Å²) in [6.45, 7) is 1.13. The van der Waals surface area contributed by atoms with E-state index in [9.17, 15) is 5.21 Å². The third-order valence-corrected chi connectivity index (χ3v) is 2.07. The molecule has 1 rings (SSSR count). The number of rotatable bonds is 2. The number of piperidine rings is 1. The maximum absolute atomic E-state index is 10.8. The maximum atomic E-state index is 10.8. The first kappa shape index (κ1) is 9.05. The Morgan fingerprint density at radius 1 is 1.67 bits per heavy atom. The molecule has 1 atom stereocenters. The van der Waals surface area contributed by atoms with E-state index >= 15 is 0 Å². The van der Waals surface area contributed by atoms with Crippen LogP contribution in [-0.2, 0) is 0 Å². The summed E-state index contributed by atoms with van der Waals surface area (Å²) in [6.07, 6.45) is 1.77. The molecule has 1 aliphatic rings. The van der Waals surface area contributed by atoms with Crippen molar-refractivity contribution < 1.29 is 15.3 Å². The molecule has 1 unspecified atom stereocenters. The van der Waals surface area contributed by atoms with E-state index in [4.69, 9.17) is 10.3 Å². The third-order valence-electron chi connectivity index (χ3n) is 2.07. The normalized spacial score (nSPS) is 25.9. The lowest BCUT2D eigenvalue weighted by molar-refractivity contribution is -0.712. The van der Waals surface area contributed by atoms with Gasteiger partial charge in [-0.3, -0.25) is 0 Å². The van der Waals surface area contributed by atoms with Crippen molar-refractivity contribution in [3.63, 3.8) is 0 Å². The Morgan fingerprint density at radius 3 is 3.00 bits per heavy atom. The van der Waals surface area contributed by atoms with Crippen molar-refractivity contribution in [3.05, 3.63) is 5.21 Å². The summed E-state index contributed by atoms with van der Waals surface area (Å²) in [5.74, 6) is 0.122. The van der Waals surface area contributed by atoms with Gasteiger partial charge in [0.1, 0.15) is 0 Å². The molecule has 0 bridgehead atoms. The first-order valence-electron chi connectivity index (χ1n) is 3.96. The fraction of sp³-hybridized carbons (Fsp3) is 1.00. The molecule has 70 valence electrons. The number of aliphatic hydroxyl groups excluding tert-OH is 1. The minimum absolute atomic E-state index is 0.0791. The quantitative estimate of drug-likeness (QED) is 0.350. The van der Waals surface area contributed by atoms with Gasteiger partial charge in [-0.2, -0.15) is 0 Å². The van der Waals surface area contributed by atoms with Crippen LogP contribution in [0.2, 0.25) is 0 Å². The Morgan fingerprint density at radius 2 is 2.42 bits per heavy atom. The second kappa shape index (κ2) is 4.10. The fourth-order valence-corrected chi connectivity index (χ4v) is 1.40. The van der Waals surface area contributed by atoms with Crippen LogP contribution >= 0.6 is 0 Å². The fourth-order valence-electron chi connectivity index (χ4n) is 1.40. The molecular formula is C6H13N3O3. The van der Waals surface area contributed by atoms with E-state index in [2.05, 4.69) is 5.28 Å². The minimum atomic E-state index is 0.0791. The third kappa shape index (κ3) is 1.97. The van der Waals surface area contributed by atoms with E-state index in [1.165, 1.54) is 5.01 Å². The van der Waals surface area contributed by atoms with Gasteiger partial charge in [0.05, 0.1) is 18.1 Å². The first-order chi connectivity index (χ1) is 5.77. The van der Waals surface area contributed by atoms with Crippen LogP contribution in [0.25, 0.3) is 0 Å². The summed E-state index contributed by atoms with van der Waals surface area (Å²) in [4.78, 5) is 0.168. The molecule has 12 heavy (non-hydrogen) atoms. The van der Waals surface area contributed by atoms with Crippen LogP contribution in [0.4, 0.5) is 0 Å². The molecule has 1 aliphatic heterocycles. The summed E-state index contributed by atoms with van der Waals surface area (Å²) >= 11 is 0. The summed E-state index contributed by atoms with van der Waals surface area (Å²) in [5, 5.41) is 31.6.